The number of benzene rings is 1. The van der Waals surface area contributed by atoms with Crippen molar-refractivity contribution in [3.05, 3.63) is 35.9 Å². The minimum Gasteiger partial charge on any atom is -0.394 e. The number of carbonyl (C=O) groups is 5. The Kier molecular flexibility index (Phi) is 10.3. The van der Waals surface area contributed by atoms with Crippen molar-refractivity contribution < 1.29 is 34.2 Å². The summed E-state index contributed by atoms with van der Waals surface area (Å²) in [6.45, 7) is -0.0217. The van der Waals surface area contributed by atoms with E-state index >= 15 is 0 Å². The second kappa shape index (κ2) is 13.2. The van der Waals surface area contributed by atoms with Crippen LogP contribution < -0.4 is 21.3 Å². The van der Waals surface area contributed by atoms with Crippen molar-refractivity contribution in [1.29, 1.82) is 0 Å². The molecule has 38 heavy (non-hydrogen) atoms. The van der Waals surface area contributed by atoms with Crippen molar-refractivity contribution in [2.45, 2.75) is 60.7 Å². The van der Waals surface area contributed by atoms with Gasteiger partial charge in [0.25, 0.3) is 0 Å². The molecule has 6 N–H and O–H groups in total. The highest BCUT2D eigenvalue weighted by Gasteiger charge is 2.48. The molecule has 0 saturated carbocycles. The van der Waals surface area contributed by atoms with E-state index in [0.29, 0.717) is 5.56 Å². The number of carbonyl (C=O) groups excluding carboxylic acids is 5. The van der Waals surface area contributed by atoms with E-state index in [1.54, 1.807) is 37.3 Å². The Morgan fingerprint density at radius 1 is 0.842 bits per heavy atom. The molecule has 2 heterocycles. The van der Waals surface area contributed by atoms with Gasteiger partial charge in [0.05, 0.1) is 36.4 Å². The van der Waals surface area contributed by atoms with Gasteiger partial charge in [-0.2, -0.15) is 0 Å². The molecule has 2 fully saturated rings. The lowest BCUT2D eigenvalue weighted by molar-refractivity contribution is -0.143. The van der Waals surface area contributed by atoms with Crippen LogP contribution in [0.3, 0.4) is 0 Å². The van der Waals surface area contributed by atoms with Crippen LogP contribution in [0.1, 0.15) is 31.4 Å². The molecule has 0 bridgehead atoms. The number of rotatable bonds is 4. The number of nitrogens with one attached hydrogen (secondary N) is 4. The maximum atomic E-state index is 13.3. The highest BCUT2D eigenvalue weighted by Crippen LogP contribution is 2.29. The Morgan fingerprint density at radius 3 is 2.05 bits per heavy atom. The monoisotopic (exact) mass is 571 g/mol. The van der Waals surface area contributed by atoms with Gasteiger partial charge < -0.3 is 36.4 Å². The normalized spacial score (nSPS) is 31.7. The molecule has 7 atom stereocenters. The highest BCUT2D eigenvalue weighted by atomic mass is 35.5. The SMILES string of the molecule is CC[C@@H]1NC(=O)[C@@H]2[C@H](Cl)[C@H](Cl)CN2C(=O)[C@H](CO)NC(=O)C[C@H](c2ccccc2)NC(=O)[C@H](CO)NC1=O. The molecule has 12 nitrogen and oxygen atoms in total. The molecule has 14 heteroatoms. The van der Waals surface area contributed by atoms with Crippen molar-refractivity contribution in [2.24, 2.45) is 0 Å². The maximum Gasteiger partial charge on any atom is 0.248 e. The Labute approximate surface area is 229 Å². The molecule has 0 unspecified atom stereocenters. The number of nitrogens with zero attached hydrogens (tertiary/aromatic N) is 1. The molecule has 5 amide bonds. The summed E-state index contributed by atoms with van der Waals surface area (Å²) in [5, 5.41) is 27.9. The van der Waals surface area contributed by atoms with Crippen LogP contribution in [0, 0.1) is 0 Å². The van der Waals surface area contributed by atoms with Gasteiger partial charge in [-0.3, -0.25) is 24.0 Å². The smallest absolute Gasteiger partial charge is 0.248 e. The lowest BCUT2D eigenvalue weighted by Gasteiger charge is -2.31. The lowest BCUT2D eigenvalue weighted by Crippen LogP contribution is -2.60. The number of alkyl halides is 2. The molecular weight excluding hydrogens is 541 g/mol. The largest absolute Gasteiger partial charge is 0.394 e. The molecule has 0 aliphatic carbocycles. The summed E-state index contributed by atoms with van der Waals surface area (Å²) in [6.07, 6.45) is -0.208. The van der Waals surface area contributed by atoms with E-state index in [9.17, 15) is 34.2 Å². The van der Waals surface area contributed by atoms with Crippen LogP contribution in [0.15, 0.2) is 30.3 Å². The van der Waals surface area contributed by atoms with E-state index in [1.807, 2.05) is 0 Å². The molecule has 1 aromatic carbocycles. The van der Waals surface area contributed by atoms with Gasteiger partial charge in [0.2, 0.25) is 29.5 Å². The zero-order valence-corrected chi connectivity index (χ0v) is 22.1. The summed E-state index contributed by atoms with van der Waals surface area (Å²) in [7, 11) is 0. The van der Waals surface area contributed by atoms with Crippen molar-refractivity contribution in [3.8, 4) is 0 Å². The van der Waals surface area contributed by atoms with Crippen molar-refractivity contribution in [1.82, 2.24) is 26.2 Å². The predicted molar refractivity (Wildman–Crippen MR) is 137 cm³/mol. The first-order chi connectivity index (χ1) is 18.1. The van der Waals surface area contributed by atoms with E-state index < -0.39 is 83.7 Å². The third-order valence-electron chi connectivity index (χ3n) is 6.49. The van der Waals surface area contributed by atoms with Crippen molar-refractivity contribution >= 4 is 52.7 Å². The van der Waals surface area contributed by atoms with Gasteiger partial charge >= 0.3 is 0 Å². The van der Waals surface area contributed by atoms with E-state index in [-0.39, 0.29) is 19.4 Å². The van der Waals surface area contributed by atoms with E-state index in [1.165, 1.54) is 0 Å². The van der Waals surface area contributed by atoms with Crippen LogP contribution in [-0.2, 0) is 24.0 Å². The van der Waals surface area contributed by atoms with Crippen molar-refractivity contribution in [2.75, 3.05) is 19.8 Å². The number of amides is 5. The second-order valence-corrected chi connectivity index (χ2v) is 10.2. The molecule has 2 aliphatic heterocycles. The van der Waals surface area contributed by atoms with Gasteiger partial charge in [-0.15, -0.1) is 23.2 Å². The fraction of sp³-hybridized carbons (Fsp3) is 0.542. The zero-order valence-electron chi connectivity index (χ0n) is 20.6. The summed E-state index contributed by atoms with van der Waals surface area (Å²) in [5.74, 6) is -3.74. The van der Waals surface area contributed by atoms with Gasteiger partial charge in [-0.25, -0.2) is 0 Å². The Morgan fingerprint density at radius 2 is 1.45 bits per heavy atom. The number of aliphatic hydroxyl groups excluding tert-OH is 2. The number of aliphatic hydroxyl groups is 2. The molecule has 2 aliphatic rings. The van der Waals surface area contributed by atoms with Gasteiger partial charge in [0.1, 0.15) is 24.2 Å². The molecule has 0 radical (unpaired) electrons. The zero-order chi connectivity index (χ0) is 28.0. The standard InChI is InChI=1S/C24H31Cl2N5O7/c1-2-14-21(35)30-16(10-32)22(36)29-15(12-6-4-3-5-7-12)8-18(34)27-17(11-33)24(38)31-9-13(25)19(26)20(31)23(37)28-14/h3-7,13-17,19-20,32-33H,2,8-11H2,1H3,(H,27,34)(H,28,37)(H,29,36)(H,30,35)/t13-,14+,15-,16+,17+,19-,20+/m1/s1. The molecule has 0 spiro atoms. The topological polar surface area (TPSA) is 177 Å². The summed E-state index contributed by atoms with van der Waals surface area (Å²) in [6, 6.07) is 2.42. The van der Waals surface area contributed by atoms with Gasteiger partial charge in [0.15, 0.2) is 0 Å². The van der Waals surface area contributed by atoms with Crippen LogP contribution >= 0.6 is 23.2 Å². The highest BCUT2D eigenvalue weighted by molar-refractivity contribution is 6.32. The van der Waals surface area contributed by atoms with Crippen LogP contribution in [0.2, 0.25) is 0 Å². The first-order valence-electron chi connectivity index (χ1n) is 12.2. The van der Waals surface area contributed by atoms with Crippen LogP contribution in [0.25, 0.3) is 0 Å². The van der Waals surface area contributed by atoms with Gasteiger partial charge in [-0.1, -0.05) is 37.3 Å². The summed E-state index contributed by atoms with van der Waals surface area (Å²) in [4.78, 5) is 66.5. The van der Waals surface area contributed by atoms with E-state index in [4.69, 9.17) is 23.2 Å². The average Bonchev–Trinajstić information content (AvgIpc) is 3.21. The fourth-order valence-electron chi connectivity index (χ4n) is 4.40. The van der Waals surface area contributed by atoms with Crippen LogP contribution in [-0.4, -0.2) is 99.3 Å². The minimum atomic E-state index is -1.42. The lowest BCUT2D eigenvalue weighted by atomic mass is 10.0. The molecule has 208 valence electrons. The van der Waals surface area contributed by atoms with Crippen LogP contribution in [0.5, 0.6) is 0 Å². The molecule has 2 saturated heterocycles. The number of hydrogen-bond acceptors (Lipinski definition) is 7. The Balaban J connectivity index is 2.00. The maximum absolute atomic E-state index is 13.3. The van der Waals surface area contributed by atoms with Crippen LogP contribution in [0.4, 0.5) is 0 Å². The number of fused-ring (bicyclic) bond motifs is 1. The second-order valence-electron chi connectivity index (χ2n) is 9.09. The average molecular weight is 572 g/mol. The summed E-state index contributed by atoms with van der Waals surface area (Å²) >= 11 is 12.6. The molecule has 3 rings (SSSR count). The molecular formula is C24H31Cl2N5O7. The fourth-order valence-corrected chi connectivity index (χ4v) is 5.01. The number of hydrogen-bond donors (Lipinski definition) is 6. The minimum absolute atomic E-state index is 0.122. The third kappa shape index (κ3) is 6.73. The van der Waals surface area contributed by atoms with Crippen molar-refractivity contribution in [3.63, 3.8) is 0 Å². The van der Waals surface area contributed by atoms with Gasteiger partial charge in [-0.05, 0) is 12.0 Å². The van der Waals surface area contributed by atoms with Gasteiger partial charge in [0, 0.05) is 6.54 Å². The van der Waals surface area contributed by atoms with E-state index in [0.717, 1.165) is 4.90 Å². The first-order valence-corrected chi connectivity index (χ1v) is 13.0. The Bertz CT molecular complexity index is 1050. The quantitative estimate of drug-likeness (QED) is 0.239. The Hall–Kier alpha value is -2.93. The summed E-state index contributed by atoms with van der Waals surface area (Å²) < 4.78 is 0. The first kappa shape index (κ1) is 29.6. The predicted octanol–water partition coefficient (Wildman–Crippen LogP) is -1.48. The summed E-state index contributed by atoms with van der Waals surface area (Å²) in [5.41, 5.74) is 0.556. The number of halogens is 2. The molecule has 0 aromatic heterocycles. The third-order valence-corrected chi connectivity index (χ3v) is 7.57. The molecule has 1 aromatic rings. The van der Waals surface area contributed by atoms with E-state index in [2.05, 4.69) is 21.3 Å².